The zero-order chi connectivity index (χ0) is 13.8. The molecule has 0 heterocycles. The molecular weight excluding hydrogens is 243 g/mol. The van der Waals surface area contributed by atoms with Gasteiger partial charge in [0, 0.05) is 12.1 Å². The number of hydrogen-bond acceptors (Lipinski definition) is 2. The van der Waals surface area contributed by atoms with Crippen LogP contribution in [0.2, 0.25) is 0 Å². The number of aryl methyl sites for hydroxylation is 1. The van der Waals surface area contributed by atoms with Crippen molar-refractivity contribution in [2.24, 2.45) is 5.73 Å². The molecule has 4 heteroatoms. The lowest BCUT2D eigenvalue weighted by Gasteiger charge is -2.10. The number of rotatable bonds is 4. The highest BCUT2D eigenvalue weighted by atomic mass is 19.1. The first kappa shape index (κ1) is 13.1. The molecule has 2 aromatic rings. The van der Waals surface area contributed by atoms with Crippen molar-refractivity contribution in [3.8, 4) is 0 Å². The maximum atomic E-state index is 13.4. The minimum atomic E-state index is -0.447. The summed E-state index contributed by atoms with van der Waals surface area (Å²) in [6.45, 7) is 2.39. The van der Waals surface area contributed by atoms with Crippen LogP contribution in [0, 0.1) is 12.7 Å². The normalized spacial score (nSPS) is 10.2. The summed E-state index contributed by atoms with van der Waals surface area (Å²) in [5.74, 6) is -0.731. The van der Waals surface area contributed by atoms with E-state index >= 15 is 0 Å². The van der Waals surface area contributed by atoms with Gasteiger partial charge in [-0.05, 0) is 42.3 Å². The average Bonchev–Trinajstić information content (AvgIpc) is 2.39. The van der Waals surface area contributed by atoms with Crippen molar-refractivity contribution >= 4 is 11.6 Å². The molecule has 2 rings (SSSR count). The lowest BCUT2D eigenvalue weighted by Crippen LogP contribution is -2.12. The largest absolute Gasteiger partial charge is 0.379 e. The van der Waals surface area contributed by atoms with Crippen molar-refractivity contribution in [1.29, 1.82) is 0 Å². The van der Waals surface area contributed by atoms with Crippen LogP contribution >= 0.6 is 0 Å². The van der Waals surface area contributed by atoms with E-state index in [1.807, 2.05) is 13.0 Å². The van der Waals surface area contributed by atoms with E-state index in [1.54, 1.807) is 30.3 Å². The molecule has 3 N–H and O–H groups in total. The standard InChI is InChI=1S/C15H15FN2O/c1-10-8-11(15(17)19)6-7-12(10)9-18-14-5-3-2-4-13(14)16/h2-8,18H,9H2,1H3,(H2,17,19). The zero-order valence-electron chi connectivity index (χ0n) is 10.6. The molecule has 0 spiro atoms. The van der Waals surface area contributed by atoms with Gasteiger partial charge in [0.25, 0.3) is 0 Å². The number of nitrogens with one attached hydrogen (secondary N) is 1. The summed E-state index contributed by atoms with van der Waals surface area (Å²) in [4.78, 5) is 11.0. The average molecular weight is 258 g/mol. The predicted octanol–water partition coefficient (Wildman–Crippen LogP) is 2.85. The van der Waals surface area contributed by atoms with Crippen molar-refractivity contribution in [2.75, 3.05) is 5.32 Å². The molecule has 0 atom stereocenters. The van der Waals surface area contributed by atoms with Crippen molar-refractivity contribution in [1.82, 2.24) is 0 Å². The molecule has 1 amide bonds. The van der Waals surface area contributed by atoms with Gasteiger partial charge in [-0.15, -0.1) is 0 Å². The van der Waals surface area contributed by atoms with Crippen LogP contribution in [0.1, 0.15) is 21.5 Å². The monoisotopic (exact) mass is 258 g/mol. The van der Waals surface area contributed by atoms with Crippen molar-refractivity contribution in [2.45, 2.75) is 13.5 Å². The molecule has 98 valence electrons. The third-order valence-corrected chi connectivity index (χ3v) is 2.97. The van der Waals surface area contributed by atoms with Gasteiger partial charge in [-0.3, -0.25) is 4.79 Å². The number of halogens is 1. The third-order valence-electron chi connectivity index (χ3n) is 2.97. The molecule has 19 heavy (non-hydrogen) atoms. The van der Waals surface area contributed by atoms with Gasteiger partial charge in [-0.25, -0.2) is 4.39 Å². The molecule has 0 unspecified atom stereocenters. The molecular formula is C15H15FN2O. The van der Waals surface area contributed by atoms with Crippen LogP contribution in [0.4, 0.5) is 10.1 Å². The highest BCUT2D eigenvalue weighted by Crippen LogP contribution is 2.16. The Kier molecular flexibility index (Phi) is 3.80. The van der Waals surface area contributed by atoms with E-state index in [9.17, 15) is 9.18 Å². The van der Waals surface area contributed by atoms with E-state index in [2.05, 4.69) is 5.32 Å². The van der Waals surface area contributed by atoms with Gasteiger partial charge < -0.3 is 11.1 Å². The lowest BCUT2D eigenvalue weighted by atomic mass is 10.0. The Morgan fingerprint density at radius 3 is 2.63 bits per heavy atom. The molecule has 0 bridgehead atoms. The quantitative estimate of drug-likeness (QED) is 0.886. The van der Waals surface area contributed by atoms with E-state index in [0.29, 0.717) is 17.8 Å². The van der Waals surface area contributed by atoms with Crippen molar-refractivity contribution in [3.05, 3.63) is 65.0 Å². The van der Waals surface area contributed by atoms with E-state index in [1.165, 1.54) is 6.07 Å². The van der Waals surface area contributed by atoms with Crippen molar-refractivity contribution in [3.63, 3.8) is 0 Å². The lowest BCUT2D eigenvalue weighted by molar-refractivity contribution is 0.1000. The number of anilines is 1. The number of benzene rings is 2. The first-order chi connectivity index (χ1) is 9.08. The summed E-state index contributed by atoms with van der Waals surface area (Å²) in [5, 5.41) is 3.03. The van der Waals surface area contributed by atoms with Gasteiger partial charge in [-0.2, -0.15) is 0 Å². The van der Waals surface area contributed by atoms with Gasteiger partial charge in [-0.1, -0.05) is 18.2 Å². The Bertz CT molecular complexity index is 611. The summed E-state index contributed by atoms with van der Waals surface area (Å²) in [6, 6.07) is 11.7. The maximum Gasteiger partial charge on any atom is 0.248 e. The fraction of sp³-hybridized carbons (Fsp3) is 0.133. The molecule has 0 saturated carbocycles. The molecule has 0 aliphatic rings. The fourth-order valence-electron chi connectivity index (χ4n) is 1.84. The molecule has 0 fully saturated rings. The minimum Gasteiger partial charge on any atom is -0.379 e. The highest BCUT2D eigenvalue weighted by molar-refractivity contribution is 5.93. The van der Waals surface area contributed by atoms with E-state index in [4.69, 9.17) is 5.73 Å². The first-order valence-electron chi connectivity index (χ1n) is 5.95. The van der Waals surface area contributed by atoms with Crippen molar-refractivity contribution < 1.29 is 9.18 Å². The van der Waals surface area contributed by atoms with Crippen LogP contribution in [0.15, 0.2) is 42.5 Å². The van der Waals surface area contributed by atoms with Crippen LogP contribution in [-0.2, 0) is 6.54 Å². The highest BCUT2D eigenvalue weighted by Gasteiger charge is 2.05. The Morgan fingerprint density at radius 2 is 2.00 bits per heavy atom. The SMILES string of the molecule is Cc1cc(C(N)=O)ccc1CNc1ccccc1F. The van der Waals surface area contributed by atoms with Crippen LogP contribution in [0.5, 0.6) is 0 Å². The summed E-state index contributed by atoms with van der Waals surface area (Å²) >= 11 is 0. The van der Waals surface area contributed by atoms with Crippen LogP contribution in [0.3, 0.4) is 0 Å². The number of carbonyl (C=O) groups excluding carboxylic acids is 1. The van der Waals surface area contributed by atoms with Gasteiger partial charge in [0.15, 0.2) is 0 Å². The maximum absolute atomic E-state index is 13.4. The first-order valence-corrected chi connectivity index (χ1v) is 5.95. The van der Waals surface area contributed by atoms with Gasteiger partial charge in [0.2, 0.25) is 5.91 Å². The number of carbonyl (C=O) groups is 1. The summed E-state index contributed by atoms with van der Waals surface area (Å²) in [5.41, 5.74) is 8.09. The zero-order valence-corrected chi connectivity index (χ0v) is 10.6. The minimum absolute atomic E-state index is 0.283. The predicted molar refractivity (Wildman–Crippen MR) is 73.4 cm³/mol. The Morgan fingerprint density at radius 1 is 1.26 bits per heavy atom. The number of primary amides is 1. The molecule has 0 saturated heterocycles. The number of amides is 1. The number of para-hydroxylation sites is 1. The van der Waals surface area contributed by atoms with Crippen LogP contribution < -0.4 is 11.1 Å². The Hall–Kier alpha value is -2.36. The van der Waals surface area contributed by atoms with E-state index in [0.717, 1.165) is 11.1 Å². The molecule has 0 aliphatic heterocycles. The van der Waals surface area contributed by atoms with E-state index in [-0.39, 0.29) is 5.82 Å². The topological polar surface area (TPSA) is 55.1 Å². The fourth-order valence-corrected chi connectivity index (χ4v) is 1.84. The Labute approximate surface area is 111 Å². The molecule has 0 aromatic heterocycles. The molecule has 0 radical (unpaired) electrons. The van der Waals surface area contributed by atoms with Gasteiger partial charge in [0.1, 0.15) is 5.82 Å². The summed E-state index contributed by atoms with van der Waals surface area (Å²) in [6.07, 6.45) is 0. The summed E-state index contributed by atoms with van der Waals surface area (Å²) in [7, 11) is 0. The van der Waals surface area contributed by atoms with Gasteiger partial charge in [0.05, 0.1) is 5.69 Å². The second-order valence-corrected chi connectivity index (χ2v) is 4.34. The molecule has 3 nitrogen and oxygen atoms in total. The van der Waals surface area contributed by atoms with Crippen LogP contribution in [0.25, 0.3) is 0 Å². The molecule has 2 aromatic carbocycles. The summed E-state index contributed by atoms with van der Waals surface area (Å²) < 4.78 is 13.4. The number of hydrogen-bond donors (Lipinski definition) is 2. The number of nitrogens with two attached hydrogens (primary N) is 1. The third kappa shape index (κ3) is 3.10. The second kappa shape index (κ2) is 5.52. The van der Waals surface area contributed by atoms with E-state index < -0.39 is 5.91 Å². The van der Waals surface area contributed by atoms with Crippen LogP contribution in [-0.4, -0.2) is 5.91 Å². The smallest absolute Gasteiger partial charge is 0.248 e. The second-order valence-electron chi connectivity index (χ2n) is 4.34. The van der Waals surface area contributed by atoms with Gasteiger partial charge >= 0.3 is 0 Å². The Balaban J connectivity index is 2.12. The molecule has 0 aliphatic carbocycles.